The van der Waals surface area contributed by atoms with E-state index in [1.807, 2.05) is 0 Å². The molecule has 0 aliphatic heterocycles. The molecule has 1 aromatic heterocycles. The number of aryl methyl sites for hydroxylation is 2. The van der Waals surface area contributed by atoms with Crippen LogP contribution in [0.2, 0.25) is 0 Å². The van der Waals surface area contributed by atoms with Crippen LogP contribution in [0.5, 0.6) is 0 Å². The van der Waals surface area contributed by atoms with Crippen molar-refractivity contribution in [3.05, 3.63) is 29.1 Å². The lowest BCUT2D eigenvalue weighted by Crippen LogP contribution is -1.90. The van der Waals surface area contributed by atoms with Gasteiger partial charge in [0.15, 0.2) is 0 Å². The highest BCUT2D eigenvalue weighted by atomic mass is 35.5. The van der Waals surface area contributed by atoms with E-state index < -0.39 is 0 Å². The zero-order chi connectivity index (χ0) is 11.5. The van der Waals surface area contributed by atoms with E-state index in [1.165, 1.54) is 24.0 Å². The number of alkyl halides is 1. The summed E-state index contributed by atoms with van der Waals surface area (Å²) < 4.78 is 0. The van der Waals surface area contributed by atoms with Crippen molar-refractivity contribution in [1.29, 1.82) is 0 Å². The number of nitrogens with zero attached hydrogens (tertiary/aromatic N) is 1. The Balaban J connectivity index is 2.42. The second-order valence-corrected chi connectivity index (χ2v) is 4.43. The number of rotatable bonds is 4. The monoisotopic (exact) mass is 236 g/mol. The van der Waals surface area contributed by atoms with Gasteiger partial charge >= 0.3 is 0 Å². The molecule has 2 aromatic rings. The largest absolute Gasteiger partial charge is 0.341 e. The Bertz CT molecular complexity index is 488. The minimum absolute atomic E-state index is 0.443. The highest BCUT2D eigenvalue weighted by Gasteiger charge is 2.07. The maximum absolute atomic E-state index is 5.78. The standard InChI is InChI=1S/C13H17ClN2/c1-3-4-5-10-6-7-11-13(9(10)2)16-12(8-14)15-11/h6-7H,3-5,8H2,1-2H3,(H,15,16). The van der Waals surface area contributed by atoms with Gasteiger partial charge in [-0.3, -0.25) is 0 Å². The number of hydrogen-bond acceptors (Lipinski definition) is 1. The van der Waals surface area contributed by atoms with E-state index in [4.69, 9.17) is 11.6 Å². The number of unbranched alkanes of at least 4 members (excludes halogenated alkanes) is 1. The number of benzene rings is 1. The summed E-state index contributed by atoms with van der Waals surface area (Å²) in [6, 6.07) is 4.31. The molecular formula is C13H17ClN2. The third kappa shape index (κ3) is 2.07. The summed E-state index contributed by atoms with van der Waals surface area (Å²) in [6.45, 7) is 4.36. The van der Waals surface area contributed by atoms with Crippen LogP contribution in [-0.2, 0) is 12.3 Å². The van der Waals surface area contributed by atoms with Crippen LogP contribution in [0.1, 0.15) is 36.7 Å². The van der Waals surface area contributed by atoms with Crippen molar-refractivity contribution in [3.63, 3.8) is 0 Å². The summed E-state index contributed by atoms with van der Waals surface area (Å²) in [5.41, 5.74) is 4.86. The van der Waals surface area contributed by atoms with Crippen LogP contribution in [0.25, 0.3) is 11.0 Å². The lowest BCUT2D eigenvalue weighted by atomic mass is 10.0. The van der Waals surface area contributed by atoms with Crippen LogP contribution in [0.4, 0.5) is 0 Å². The summed E-state index contributed by atoms with van der Waals surface area (Å²) in [6.07, 6.45) is 3.60. The van der Waals surface area contributed by atoms with Gasteiger partial charge in [0.2, 0.25) is 0 Å². The molecule has 0 atom stereocenters. The van der Waals surface area contributed by atoms with E-state index in [-0.39, 0.29) is 0 Å². The van der Waals surface area contributed by atoms with Crippen molar-refractivity contribution in [2.45, 2.75) is 39.0 Å². The van der Waals surface area contributed by atoms with E-state index in [2.05, 4.69) is 35.9 Å². The molecule has 0 aliphatic carbocycles. The van der Waals surface area contributed by atoms with E-state index in [9.17, 15) is 0 Å². The number of halogens is 1. The molecule has 1 aromatic carbocycles. The number of aromatic nitrogens is 2. The Hall–Kier alpha value is -1.02. The molecular weight excluding hydrogens is 220 g/mol. The first-order chi connectivity index (χ1) is 7.76. The zero-order valence-electron chi connectivity index (χ0n) is 9.81. The van der Waals surface area contributed by atoms with Crippen molar-refractivity contribution in [1.82, 2.24) is 9.97 Å². The molecule has 2 nitrogen and oxygen atoms in total. The van der Waals surface area contributed by atoms with Crippen LogP contribution in [-0.4, -0.2) is 9.97 Å². The minimum atomic E-state index is 0.443. The molecule has 0 unspecified atom stereocenters. The summed E-state index contributed by atoms with van der Waals surface area (Å²) in [4.78, 5) is 7.74. The number of fused-ring (bicyclic) bond motifs is 1. The van der Waals surface area contributed by atoms with Gasteiger partial charge in [-0.15, -0.1) is 11.6 Å². The van der Waals surface area contributed by atoms with Crippen molar-refractivity contribution in [3.8, 4) is 0 Å². The molecule has 0 spiro atoms. The number of H-pyrrole nitrogens is 1. The molecule has 0 radical (unpaired) electrons. The second kappa shape index (κ2) is 4.88. The van der Waals surface area contributed by atoms with Gasteiger partial charge in [0.05, 0.1) is 16.9 Å². The zero-order valence-corrected chi connectivity index (χ0v) is 10.6. The molecule has 0 saturated heterocycles. The van der Waals surface area contributed by atoms with Crippen molar-refractivity contribution < 1.29 is 0 Å². The molecule has 3 heteroatoms. The normalized spacial score (nSPS) is 11.2. The molecule has 16 heavy (non-hydrogen) atoms. The smallest absolute Gasteiger partial charge is 0.122 e. The third-order valence-electron chi connectivity index (χ3n) is 3.00. The van der Waals surface area contributed by atoms with Crippen LogP contribution >= 0.6 is 11.6 Å². The summed E-state index contributed by atoms with van der Waals surface area (Å²) in [7, 11) is 0. The minimum Gasteiger partial charge on any atom is -0.341 e. The van der Waals surface area contributed by atoms with Gasteiger partial charge in [-0.05, 0) is 37.0 Å². The van der Waals surface area contributed by atoms with Gasteiger partial charge in [0.25, 0.3) is 0 Å². The SMILES string of the molecule is CCCCc1ccc2[nH]c(CCl)nc2c1C. The lowest BCUT2D eigenvalue weighted by Gasteiger charge is -2.04. The summed E-state index contributed by atoms with van der Waals surface area (Å²) >= 11 is 5.78. The molecule has 0 amide bonds. The molecule has 0 saturated carbocycles. The Morgan fingerprint density at radius 2 is 2.19 bits per heavy atom. The number of aromatic amines is 1. The van der Waals surface area contributed by atoms with Gasteiger partial charge in [0, 0.05) is 0 Å². The van der Waals surface area contributed by atoms with Crippen LogP contribution < -0.4 is 0 Å². The fourth-order valence-electron chi connectivity index (χ4n) is 2.01. The topological polar surface area (TPSA) is 28.7 Å². The average molecular weight is 237 g/mol. The van der Waals surface area contributed by atoms with Crippen LogP contribution in [0, 0.1) is 6.92 Å². The Morgan fingerprint density at radius 1 is 1.38 bits per heavy atom. The van der Waals surface area contributed by atoms with Gasteiger partial charge < -0.3 is 4.98 Å². The van der Waals surface area contributed by atoms with Gasteiger partial charge in [0.1, 0.15) is 5.82 Å². The van der Waals surface area contributed by atoms with E-state index in [0.29, 0.717) is 5.88 Å². The number of hydrogen-bond donors (Lipinski definition) is 1. The second-order valence-electron chi connectivity index (χ2n) is 4.17. The number of imidazole rings is 1. The Morgan fingerprint density at radius 3 is 2.88 bits per heavy atom. The van der Waals surface area contributed by atoms with Crippen molar-refractivity contribution in [2.75, 3.05) is 0 Å². The van der Waals surface area contributed by atoms with Gasteiger partial charge in [-0.25, -0.2) is 4.98 Å². The highest BCUT2D eigenvalue weighted by molar-refractivity contribution is 6.16. The predicted molar refractivity (Wildman–Crippen MR) is 69.0 cm³/mol. The summed E-state index contributed by atoms with van der Waals surface area (Å²) in [5.74, 6) is 1.30. The molecule has 86 valence electrons. The fourth-order valence-corrected chi connectivity index (χ4v) is 2.13. The van der Waals surface area contributed by atoms with E-state index in [1.54, 1.807) is 0 Å². The Labute approximate surface area is 101 Å². The van der Waals surface area contributed by atoms with E-state index in [0.717, 1.165) is 23.3 Å². The first-order valence-electron chi connectivity index (χ1n) is 5.79. The quantitative estimate of drug-likeness (QED) is 0.800. The molecule has 0 aliphatic rings. The molecule has 1 N–H and O–H groups in total. The average Bonchev–Trinajstić information content (AvgIpc) is 2.72. The fraction of sp³-hybridized carbons (Fsp3) is 0.462. The molecule has 1 heterocycles. The third-order valence-corrected chi connectivity index (χ3v) is 3.25. The van der Waals surface area contributed by atoms with E-state index >= 15 is 0 Å². The van der Waals surface area contributed by atoms with Crippen molar-refractivity contribution in [2.24, 2.45) is 0 Å². The predicted octanol–water partition coefficient (Wildman–Crippen LogP) is 3.95. The first kappa shape index (κ1) is 11.5. The Kier molecular flexibility index (Phi) is 3.49. The maximum atomic E-state index is 5.78. The van der Waals surface area contributed by atoms with Gasteiger partial charge in [-0.1, -0.05) is 19.4 Å². The summed E-state index contributed by atoms with van der Waals surface area (Å²) in [5, 5.41) is 0. The molecule has 0 bridgehead atoms. The number of nitrogens with one attached hydrogen (secondary N) is 1. The van der Waals surface area contributed by atoms with Crippen LogP contribution in [0.3, 0.4) is 0 Å². The first-order valence-corrected chi connectivity index (χ1v) is 6.32. The van der Waals surface area contributed by atoms with Gasteiger partial charge in [-0.2, -0.15) is 0 Å². The maximum Gasteiger partial charge on any atom is 0.122 e. The molecule has 2 rings (SSSR count). The lowest BCUT2D eigenvalue weighted by molar-refractivity contribution is 0.792. The van der Waals surface area contributed by atoms with Crippen LogP contribution in [0.15, 0.2) is 12.1 Å². The van der Waals surface area contributed by atoms with Crippen molar-refractivity contribution >= 4 is 22.6 Å². The highest BCUT2D eigenvalue weighted by Crippen LogP contribution is 2.21. The molecule has 0 fully saturated rings.